The third-order valence-corrected chi connectivity index (χ3v) is 3.47. The molecule has 1 heterocycles. The summed E-state index contributed by atoms with van der Waals surface area (Å²) in [4.78, 5) is 11.4. The Balaban J connectivity index is 2.21. The average Bonchev–Trinajstić information content (AvgIpc) is 2.73. The second-order valence-electron chi connectivity index (χ2n) is 3.80. The Morgan fingerprint density at radius 1 is 1.39 bits per heavy atom. The summed E-state index contributed by atoms with van der Waals surface area (Å²) >= 11 is 9.25. The van der Waals surface area contributed by atoms with E-state index in [-0.39, 0.29) is 5.97 Å². The van der Waals surface area contributed by atoms with Gasteiger partial charge in [0.05, 0.1) is 17.3 Å². The molecule has 0 atom stereocenters. The molecule has 0 spiro atoms. The molecule has 2 aromatic rings. The minimum absolute atomic E-state index is 0.342. The zero-order valence-electron chi connectivity index (χ0n) is 9.69. The second-order valence-corrected chi connectivity index (χ2v) is 5.05. The summed E-state index contributed by atoms with van der Waals surface area (Å²) in [6, 6.07) is 9.33. The molecule has 0 amide bonds. The number of methoxy groups -OCH3 is 1. The van der Waals surface area contributed by atoms with Crippen molar-refractivity contribution in [2.45, 2.75) is 6.54 Å². The van der Waals surface area contributed by atoms with E-state index >= 15 is 0 Å². The van der Waals surface area contributed by atoms with E-state index in [0.29, 0.717) is 17.1 Å². The van der Waals surface area contributed by atoms with Gasteiger partial charge in [-0.05, 0) is 39.7 Å². The highest BCUT2D eigenvalue weighted by atomic mass is 79.9. The third-order valence-electron chi connectivity index (χ3n) is 2.53. The molecule has 0 fully saturated rings. The maximum Gasteiger partial charge on any atom is 0.339 e. The highest BCUT2D eigenvalue weighted by molar-refractivity contribution is 9.10. The average molecular weight is 329 g/mol. The summed E-state index contributed by atoms with van der Waals surface area (Å²) in [6.45, 7) is 0.661. The van der Waals surface area contributed by atoms with Crippen LogP contribution in [0, 0.1) is 0 Å². The Labute approximate surface area is 118 Å². The Bertz CT molecular complexity index is 563. The zero-order valence-corrected chi connectivity index (χ0v) is 12.0. The Morgan fingerprint density at radius 3 is 2.67 bits per heavy atom. The molecule has 0 saturated carbocycles. The lowest BCUT2D eigenvalue weighted by Gasteiger charge is -2.05. The molecular formula is C13H11BrClNO2. The number of rotatable bonds is 3. The summed E-state index contributed by atoms with van der Waals surface area (Å²) in [5.41, 5.74) is 1.63. The fraction of sp³-hybridized carbons (Fsp3) is 0.154. The van der Waals surface area contributed by atoms with E-state index in [4.69, 9.17) is 11.6 Å². The van der Waals surface area contributed by atoms with Gasteiger partial charge in [0, 0.05) is 17.8 Å². The van der Waals surface area contributed by atoms with Crippen molar-refractivity contribution in [2.75, 3.05) is 7.11 Å². The summed E-state index contributed by atoms with van der Waals surface area (Å²) in [6.07, 6.45) is 1.75. The fourth-order valence-corrected chi connectivity index (χ4v) is 2.22. The lowest BCUT2D eigenvalue weighted by atomic mass is 10.2. The third kappa shape index (κ3) is 2.94. The monoisotopic (exact) mass is 327 g/mol. The first kappa shape index (κ1) is 13.2. The van der Waals surface area contributed by atoms with Crippen LogP contribution in [0.5, 0.6) is 0 Å². The van der Waals surface area contributed by atoms with Crippen LogP contribution in [0.3, 0.4) is 0 Å². The topological polar surface area (TPSA) is 31.2 Å². The van der Waals surface area contributed by atoms with E-state index in [2.05, 4.69) is 20.7 Å². The van der Waals surface area contributed by atoms with Crippen LogP contribution < -0.4 is 0 Å². The molecule has 2 rings (SSSR count). The van der Waals surface area contributed by atoms with Gasteiger partial charge in [-0.3, -0.25) is 0 Å². The first-order valence-electron chi connectivity index (χ1n) is 5.28. The van der Waals surface area contributed by atoms with Crippen molar-refractivity contribution in [3.63, 3.8) is 0 Å². The van der Waals surface area contributed by atoms with Crippen molar-refractivity contribution >= 4 is 33.5 Å². The molecule has 1 aromatic heterocycles. The number of carbonyl (C=O) groups excluding carboxylic acids is 1. The van der Waals surface area contributed by atoms with Gasteiger partial charge in [-0.25, -0.2) is 4.79 Å². The van der Waals surface area contributed by atoms with Crippen molar-refractivity contribution < 1.29 is 9.53 Å². The maximum absolute atomic E-state index is 11.4. The van der Waals surface area contributed by atoms with Gasteiger partial charge in [0.15, 0.2) is 0 Å². The predicted octanol–water partition coefficient (Wildman–Crippen LogP) is 3.74. The van der Waals surface area contributed by atoms with Crippen molar-refractivity contribution in [1.82, 2.24) is 4.57 Å². The van der Waals surface area contributed by atoms with E-state index in [1.165, 1.54) is 7.11 Å². The summed E-state index contributed by atoms with van der Waals surface area (Å²) in [7, 11) is 1.37. The van der Waals surface area contributed by atoms with Crippen LogP contribution in [0.1, 0.15) is 15.9 Å². The predicted molar refractivity (Wildman–Crippen MR) is 74.0 cm³/mol. The molecule has 5 heteroatoms. The second kappa shape index (κ2) is 5.59. The molecule has 0 aliphatic heterocycles. The van der Waals surface area contributed by atoms with E-state index in [9.17, 15) is 4.79 Å². The minimum Gasteiger partial charge on any atom is -0.465 e. The SMILES string of the molecule is COC(=O)c1cc(Br)n(Cc2ccc(Cl)cc2)c1. The number of halogens is 2. The van der Waals surface area contributed by atoms with Gasteiger partial charge in [-0.15, -0.1) is 0 Å². The maximum atomic E-state index is 11.4. The Morgan fingerprint density at radius 2 is 2.06 bits per heavy atom. The van der Waals surface area contributed by atoms with E-state index in [0.717, 1.165) is 10.2 Å². The number of ether oxygens (including phenoxy) is 1. The number of hydrogen-bond acceptors (Lipinski definition) is 2. The van der Waals surface area contributed by atoms with Crippen LogP contribution >= 0.6 is 27.5 Å². The first-order chi connectivity index (χ1) is 8.60. The number of benzene rings is 1. The van der Waals surface area contributed by atoms with Crippen LogP contribution in [0.25, 0.3) is 0 Å². The van der Waals surface area contributed by atoms with E-state index in [1.54, 1.807) is 12.3 Å². The number of hydrogen-bond donors (Lipinski definition) is 0. The molecule has 3 nitrogen and oxygen atoms in total. The molecule has 0 aliphatic rings. The molecule has 0 bridgehead atoms. The molecule has 0 aliphatic carbocycles. The first-order valence-corrected chi connectivity index (χ1v) is 6.45. The molecule has 0 radical (unpaired) electrons. The van der Waals surface area contributed by atoms with Crippen molar-refractivity contribution in [3.8, 4) is 0 Å². The molecule has 18 heavy (non-hydrogen) atoms. The smallest absolute Gasteiger partial charge is 0.339 e. The molecule has 1 aromatic carbocycles. The van der Waals surface area contributed by atoms with E-state index < -0.39 is 0 Å². The zero-order chi connectivity index (χ0) is 13.1. The highest BCUT2D eigenvalue weighted by Gasteiger charge is 2.11. The van der Waals surface area contributed by atoms with Gasteiger partial charge in [-0.1, -0.05) is 23.7 Å². The van der Waals surface area contributed by atoms with Gasteiger partial charge in [0.2, 0.25) is 0 Å². The lowest BCUT2D eigenvalue weighted by molar-refractivity contribution is 0.0600. The van der Waals surface area contributed by atoms with Crippen LogP contribution in [0.15, 0.2) is 41.1 Å². The largest absolute Gasteiger partial charge is 0.465 e. The molecule has 0 N–H and O–H groups in total. The number of nitrogens with zero attached hydrogens (tertiary/aromatic N) is 1. The minimum atomic E-state index is -0.342. The fourth-order valence-electron chi connectivity index (χ4n) is 1.62. The quantitative estimate of drug-likeness (QED) is 0.804. The van der Waals surface area contributed by atoms with Crippen LogP contribution in [0.2, 0.25) is 5.02 Å². The van der Waals surface area contributed by atoms with Gasteiger partial charge in [0.1, 0.15) is 0 Å². The molecule has 94 valence electrons. The van der Waals surface area contributed by atoms with E-state index in [1.807, 2.05) is 28.8 Å². The number of aromatic nitrogens is 1. The lowest BCUT2D eigenvalue weighted by Crippen LogP contribution is -2.01. The summed E-state index contributed by atoms with van der Waals surface area (Å²) < 4.78 is 7.44. The summed E-state index contributed by atoms with van der Waals surface area (Å²) in [5.74, 6) is -0.342. The molecular weight excluding hydrogens is 318 g/mol. The van der Waals surface area contributed by atoms with Gasteiger partial charge in [-0.2, -0.15) is 0 Å². The highest BCUT2D eigenvalue weighted by Crippen LogP contribution is 2.18. The standard InChI is InChI=1S/C13H11BrClNO2/c1-18-13(17)10-6-12(14)16(8-10)7-9-2-4-11(15)5-3-9/h2-6,8H,7H2,1H3. The van der Waals surface area contributed by atoms with Gasteiger partial charge in [0.25, 0.3) is 0 Å². The Hall–Kier alpha value is -1.26. The van der Waals surface area contributed by atoms with Crippen molar-refractivity contribution in [2.24, 2.45) is 0 Å². The molecule has 0 saturated heterocycles. The normalized spacial score (nSPS) is 10.4. The number of esters is 1. The number of carbonyl (C=O) groups is 1. The Kier molecular flexibility index (Phi) is 4.09. The van der Waals surface area contributed by atoms with Crippen LogP contribution in [-0.2, 0) is 11.3 Å². The van der Waals surface area contributed by atoms with Gasteiger partial charge >= 0.3 is 5.97 Å². The van der Waals surface area contributed by atoms with Crippen LogP contribution in [0.4, 0.5) is 0 Å². The van der Waals surface area contributed by atoms with Crippen molar-refractivity contribution in [3.05, 3.63) is 57.3 Å². The molecule has 0 unspecified atom stereocenters. The van der Waals surface area contributed by atoms with Crippen molar-refractivity contribution in [1.29, 1.82) is 0 Å². The summed E-state index contributed by atoms with van der Waals surface area (Å²) in [5, 5.41) is 0.709. The van der Waals surface area contributed by atoms with Gasteiger partial charge < -0.3 is 9.30 Å². The van der Waals surface area contributed by atoms with Crippen LogP contribution in [-0.4, -0.2) is 17.6 Å².